The molecule has 0 aromatic carbocycles. The van der Waals surface area contributed by atoms with Crippen molar-refractivity contribution in [1.29, 1.82) is 0 Å². The fraction of sp³-hybridized carbons (Fsp3) is 0.533. The quantitative estimate of drug-likeness (QED) is 0.110. The Labute approximate surface area is 180 Å². The molecule has 11 N–H and O–H groups in total. The van der Waals surface area contributed by atoms with Crippen molar-refractivity contribution in [3.05, 3.63) is 0 Å². The number of carbonyl (C=O) groups is 7. The Hall–Kier alpha value is -3.40. The lowest BCUT2D eigenvalue weighted by molar-refractivity contribution is -0.144. The van der Waals surface area contributed by atoms with Crippen molar-refractivity contribution in [3.63, 3.8) is 0 Å². The van der Waals surface area contributed by atoms with Crippen molar-refractivity contribution in [2.75, 3.05) is 5.75 Å². The van der Waals surface area contributed by atoms with Gasteiger partial charge in [0.25, 0.3) is 0 Å². The molecule has 0 heterocycles. The molecule has 0 aromatic heterocycles. The first kappa shape index (κ1) is 27.6. The van der Waals surface area contributed by atoms with E-state index >= 15 is 0 Å². The van der Waals surface area contributed by atoms with E-state index < -0.39 is 84.9 Å². The van der Waals surface area contributed by atoms with Gasteiger partial charge in [-0.2, -0.15) is 12.6 Å². The third-order valence-corrected chi connectivity index (χ3v) is 3.97. The van der Waals surface area contributed by atoms with Crippen LogP contribution in [0.2, 0.25) is 0 Å². The SMILES string of the molecule is NC(=O)CC(N)C(=O)NC(CC(=O)O)C(=O)NC(CS)C(=O)NC(CC(N)=O)C(=O)O. The molecule has 174 valence electrons. The number of nitrogens with one attached hydrogen (secondary N) is 3. The van der Waals surface area contributed by atoms with Crippen LogP contribution in [0.4, 0.5) is 0 Å². The Kier molecular flexibility index (Phi) is 11.6. The lowest BCUT2D eigenvalue weighted by atomic mass is 10.1. The molecule has 0 saturated carbocycles. The second-order valence-electron chi connectivity index (χ2n) is 6.25. The maximum absolute atomic E-state index is 12.4. The highest BCUT2D eigenvalue weighted by molar-refractivity contribution is 7.80. The van der Waals surface area contributed by atoms with Crippen LogP contribution in [0.15, 0.2) is 0 Å². The zero-order valence-electron chi connectivity index (χ0n) is 16.1. The zero-order chi connectivity index (χ0) is 24.3. The van der Waals surface area contributed by atoms with Gasteiger partial charge < -0.3 is 43.4 Å². The number of hydrogen-bond donors (Lipinski definition) is 9. The number of nitrogens with two attached hydrogens (primary N) is 3. The van der Waals surface area contributed by atoms with Crippen LogP contribution in [0.3, 0.4) is 0 Å². The first-order chi connectivity index (χ1) is 14.3. The Bertz CT molecular complexity index is 746. The van der Waals surface area contributed by atoms with E-state index in [1.165, 1.54) is 0 Å². The van der Waals surface area contributed by atoms with E-state index in [4.69, 9.17) is 27.4 Å². The van der Waals surface area contributed by atoms with Crippen LogP contribution < -0.4 is 33.2 Å². The molecule has 0 aromatic rings. The molecule has 0 aliphatic rings. The molecule has 0 saturated heterocycles. The van der Waals surface area contributed by atoms with Crippen LogP contribution in [-0.2, 0) is 33.6 Å². The van der Waals surface area contributed by atoms with Gasteiger partial charge in [-0.15, -0.1) is 0 Å². The molecule has 0 rings (SSSR count). The normalized spacial score (nSPS) is 14.3. The molecule has 31 heavy (non-hydrogen) atoms. The Morgan fingerprint density at radius 2 is 1.16 bits per heavy atom. The largest absolute Gasteiger partial charge is 0.481 e. The monoisotopic (exact) mass is 464 g/mol. The summed E-state index contributed by atoms with van der Waals surface area (Å²) in [5, 5.41) is 24.1. The standard InChI is InChI=1S/C15H24N6O9S/c16-5(1-9(17)22)12(26)19-6(3-11(24)25)13(27)21-8(4-31)14(28)20-7(15(29)30)2-10(18)23/h5-8,31H,1-4,16H2,(H2,17,22)(H2,18,23)(H,19,26)(H,20,28)(H,21,27)(H,24,25)(H,29,30). The van der Waals surface area contributed by atoms with Gasteiger partial charge in [-0.3, -0.25) is 28.8 Å². The second-order valence-corrected chi connectivity index (χ2v) is 6.61. The summed E-state index contributed by atoms with van der Waals surface area (Å²) in [4.78, 5) is 80.5. The molecule has 15 nitrogen and oxygen atoms in total. The minimum Gasteiger partial charge on any atom is -0.481 e. The number of rotatable bonds is 14. The van der Waals surface area contributed by atoms with Crippen LogP contribution in [0.1, 0.15) is 19.3 Å². The summed E-state index contributed by atoms with van der Waals surface area (Å²) in [6, 6.07) is -6.28. The van der Waals surface area contributed by atoms with Crippen molar-refractivity contribution in [2.45, 2.75) is 43.4 Å². The predicted octanol–water partition coefficient (Wildman–Crippen LogP) is -4.99. The summed E-state index contributed by atoms with van der Waals surface area (Å²) in [6.45, 7) is 0. The minimum absolute atomic E-state index is 0.352. The van der Waals surface area contributed by atoms with Crippen molar-refractivity contribution >= 4 is 54.1 Å². The predicted molar refractivity (Wildman–Crippen MR) is 105 cm³/mol. The first-order valence-corrected chi connectivity index (χ1v) is 9.20. The highest BCUT2D eigenvalue weighted by Gasteiger charge is 2.31. The van der Waals surface area contributed by atoms with E-state index in [1.807, 2.05) is 10.6 Å². The molecular weight excluding hydrogens is 440 g/mol. The van der Waals surface area contributed by atoms with E-state index in [1.54, 1.807) is 0 Å². The number of thiol groups is 1. The van der Waals surface area contributed by atoms with Crippen molar-refractivity contribution < 1.29 is 43.8 Å². The van der Waals surface area contributed by atoms with Gasteiger partial charge in [0.05, 0.1) is 25.3 Å². The van der Waals surface area contributed by atoms with Gasteiger partial charge in [0, 0.05) is 5.75 Å². The molecular formula is C15H24N6O9S. The van der Waals surface area contributed by atoms with E-state index in [0.29, 0.717) is 0 Å². The van der Waals surface area contributed by atoms with E-state index in [9.17, 15) is 33.6 Å². The van der Waals surface area contributed by atoms with Crippen LogP contribution in [0, 0.1) is 0 Å². The summed E-state index contributed by atoms with van der Waals surface area (Å²) in [6.07, 6.45) is -2.18. The smallest absolute Gasteiger partial charge is 0.326 e. The molecule has 16 heteroatoms. The van der Waals surface area contributed by atoms with Gasteiger partial charge in [0.15, 0.2) is 0 Å². The summed E-state index contributed by atoms with van der Waals surface area (Å²) in [5.74, 6) is -8.53. The van der Waals surface area contributed by atoms with Crippen LogP contribution in [-0.4, -0.2) is 81.6 Å². The van der Waals surface area contributed by atoms with Crippen LogP contribution in [0.5, 0.6) is 0 Å². The second kappa shape index (κ2) is 13.0. The topological polar surface area (TPSA) is 274 Å². The number of carboxylic acids is 2. The van der Waals surface area contributed by atoms with Crippen molar-refractivity contribution in [3.8, 4) is 0 Å². The number of aliphatic carboxylic acids is 2. The van der Waals surface area contributed by atoms with Crippen molar-refractivity contribution in [1.82, 2.24) is 16.0 Å². The van der Waals surface area contributed by atoms with E-state index in [2.05, 4.69) is 17.9 Å². The fourth-order valence-corrected chi connectivity index (χ4v) is 2.37. The Morgan fingerprint density at radius 3 is 1.58 bits per heavy atom. The fourth-order valence-electron chi connectivity index (χ4n) is 2.11. The van der Waals surface area contributed by atoms with E-state index in [0.717, 1.165) is 0 Å². The van der Waals surface area contributed by atoms with Gasteiger partial charge in [-0.1, -0.05) is 0 Å². The van der Waals surface area contributed by atoms with Gasteiger partial charge >= 0.3 is 11.9 Å². The molecule has 5 amide bonds. The number of primary amides is 2. The lowest BCUT2D eigenvalue weighted by Crippen LogP contribution is -2.58. The lowest BCUT2D eigenvalue weighted by Gasteiger charge is -2.23. The Balaban J connectivity index is 5.29. The number of carbonyl (C=O) groups excluding carboxylic acids is 5. The third-order valence-electron chi connectivity index (χ3n) is 3.61. The first-order valence-electron chi connectivity index (χ1n) is 8.57. The highest BCUT2D eigenvalue weighted by atomic mass is 32.1. The number of carboxylic acid groups (broad SMARTS) is 2. The van der Waals surface area contributed by atoms with E-state index in [-0.39, 0.29) is 5.75 Å². The maximum Gasteiger partial charge on any atom is 0.326 e. The molecule has 0 fully saturated rings. The molecule has 0 aliphatic heterocycles. The average molecular weight is 464 g/mol. The highest BCUT2D eigenvalue weighted by Crippen LogP contribution is 2.00. The summed E-state index contributed by atoms with van der Waals surface area (Å²) in [5.41, 5.74) is 15.3. The number of hydrogen-bond acceptors (Lipinski definition) is 9. The van der Waals surface area contributed by atoms with Gasteiger partial charge in [-0.05, 0) is 0 Å². The Morgan fingerprint density at radius 1 is 0.710 bits per heavy atom. The van der Waals surface area contributed by atoms with Crippen LogP contribution in [0.25, 0.3) is 0 Å². The van der Waals surface area contributed by atoms with Gasteiger partial charge in [0.1, 0.15) is 18.1 Å². The maximum atomic E-state index is 12.4. The third kappa shape index (κ3) is 10.8. The summed E-state index contributed by atoms with van der Waals surface area (Å²) in [7, 11) is 0. The van der Waals surface area contributed by atoms with Crippen molar-refractivity contribution in [2.24, 2.45) is 17.2 Å². The summed E-state index contributed by atoms with van der Waals surface area (Å²) < 4.78 is 0. The molecule has 0 aliphatic carbocycles. The zero-order valence-corrected chi connectivity index (χ0v) is 17.0. The molecule has 4 unspecified atom stereocenters. The summed E-state index contributed by atoms with van der Waals surface area (Å²) >= 11 is 3.86. The molecule has 0 radical (unpaired) electrons. The van der Waals surface area contributed by atoms with Gasteiger partial charge in [0.2, 0.25) is 29.5 Å². The number of amides is 5. The molecule has 4 atom stereocenters. The van der Waals surface area contributed by atoms with Gasteiger partial charge in [-0.25, -0.2) is 4.79 Å². The van der Waals surface area contributed by atoms with Crippen LogP contribution >= 0.6 is 12.6 Å². The average Bonchev–Trinajstić information content (AvgIpc) is 2.63. The molecule has 0 bridgehead atoms. The molecule has 0 spiro atoms. The minimum atomic E-state index is -1.69.